The van der Waals surface area contributed by atoms with Crippen molar-refractivity contribution in [2.45, 2.75) is 5.75 Å². The van der Waals surface area contributed by atoms with Crippen LogP contribution in [0.4, 0.5) is 0 Å². The lowest BCUT2D eigenvalue weighted by Gasteiger charge is -2.08. The lowest BCUT2D eigenvalue weighted by molar-refractivity contribution is 0.339. The lowest BCUT2D eigenvalue weighted by atomic mass is 10.2. The normalized spacial score (nSPS) is 10.8. The number of sulfone groups is 1. The Labute approximate surface area is 136 Å². The minimum atomic E-state index is -3.30. The predicted octanol–water partition coefficient (Wildman–Crippen LogP) is 2.56. The maximum atomic E-state index is 12.1. The van der Waals surface area contributed by atoms with Crippen molar-refractivity contribution >= 4 is 9.84 Å². The molecular formula is C17H17NO4S. The second-order valence-corrected chi connectivity index (χ2v) is 7.11. The summed E-state index contributed by atoms with van der Waals surface area (Å²) in [6.45, 7) is 0.0760. The fourth-order valence-corrected chi connectivity index (χ4v) is 3.18. The highest BCUT2D eigenvalue weighted by Gasteiger charge is 2.13. The maximum absolute atomic E-state index is 12.1. The molecule has 0 atom stereocenters. The van der Waals surface area contributed by atoms with E-state index in [2.05, 4.69) is 0 Å². The SMILES string of the molecule is COc1ccc(OCCS(=O)(=O)Cc2cccc(C#N)c2)cc1. The van der Waals surface area contributed by atoms with Gasteiger partial charge in [0.1, 0.15) is 18.1 Å². The summed E-state index contributed by atoms with van der Waals surface area (Å²) >= 11 is 0. The first-order valence-corrected chi connectivity index (χ1v) is 8.81. The summed E-state index contributed by atoms with van der Waals surface area (Å²) in [5.74, 6) is 1.11. The molecule has 120 valence electrons. The van der Waals surface area contributed by atoms with E-state index in [4.69, 9.17) is 14.7 Å². The van der Waals surface area contributed by atoms with Crippen molar-refractivity contribution in [2.75, 3.05) is 19.5 Å². The lowest BCUT2D eigenvalue weighted by Crippen LogP contribution is -2.16. The first kappa shape index (κ1) is 16.8. The van der Waals surface area contributed by atoms with E-state index in [-0.39, 0.29) is 18.1 Å². The number of hydrogen-bond donors (Lipinski definition) is 0. The third kappa shape index (κ3) is 5.31. The van der Waals surface area contributed by atoms with Gasteiger partial charge in [0.05, 0.1) is 30.2 Å². The molecule has 2 aromatic carbocycles. The van der Waals surface area contributed by atoms with Crippen LogP contribution in [0, 0.1) is 11.3 Å². The summed E-state index contributed by atoms with van der Waals surface area (Å²) in [5.41, 5.74) is 1.06. The van der Waals surface area contributed by atoms with Gasteiger partial charge in [-0.1, -0.05) is 12.1 Å². The van der Waals surface area contributed by atoms with Gasteiger partial charge in [-0.05, 0) is 42.0 Å². The molecule has 0 aliphatic heterocycles. The van der Waals surface area contributed by atoms with Crippen LogP contribution in [0.25, 0.3) is 0 Å². The minimum Gasteiger partial charge on any atom is -0.497 e. The summed E-state index contributed by atoms with van der Waals surface area (Å²) < 4.78 is 34.7. The molecule has 5 nitrogen and oxygen atoms in total. The molecular weight excluding hydrogens is 314 g/mol. The topological polar surface area (TPSA) is 76.4 Å². The van der Waals surface area contributed by atoms with Crippen LogP contribution in [0.15, 0.2) is 48.5 Å². The summed E-state index contributed by atoms with van der Waals surface area (Å²) in [6.07, 6.45) is 0. The van der Waals surface area contributed by atoms with E-state index >= 15 is 0 Å². The van der Waals surface area contributed by atoms with Gasteiger partial charge in [0, 0.05) is 0 Å². The van der Waals surface area contributed by atoms with Crippen LogP contribution in [-0.2, 0) is 15.6 Å². The van der Waals surface area contributed by atoms with Crippen LogP contribution in [0.2, 0.25) is 0 Å². The zero-order valence-electron chi connectivity index (χ0n) is 12.7. The van der Waals surface area contributed by atoms with Gasteiger partial charge in [0.2, 0.25) is 0 Å². The second kappa shape index (κ2) is 7.65. The fourth-order valence-electron chi connectivity index (χ4n) is 2.02. The van der Waals surface area contributed by atoms with Crippen molar-refractivity contribution in [1.29, 1.82) is 5.26 Å². The number of methoxy groups -OCH3 is 1. The van der Waals surface area contributed by atoms with Gasteiger partial charge in [-0.3, -0.25) is 0 Å². The van der Waals surface area contributed by atoms with E-state index in [1.54, 1.807) is 55.6 Å². The van der Waals surface area contributed by atoms with Gasteiger partial charge in [-0.25, -0.2) is 8.42 Å². The molecule has 0 aromatic heterocycles. The van der Waals surface area contributed by atoms with Crippen LogP contribution < -0.4 is 9.47 Å². The van der Waals surface area contributed by atoms with Crippen LogP contribution in [0.5, 0.6) is 11.5 Å². The zero-order valence-corrected chi connectivity index (χ0v) is 13.5. The monoisotopic (exact) mass is 331 g/mol. The summed E-state index contributed by atoms with van der Waals surface area (Å²) in [6, 6.07) is 15.5. The Morgan fingerprint density at radius 1 is 1.09 bits per heavy atom. The second-order valence-electron chi connectivity index (χ2n) is 4.93. The van der Waals surface area contributed by atoms with Crippen molar-refractivity contribution < 1.29 is 17.9 Å². The largest absolute Gasteiger partial charge is 0.497 e. The van der Waals surface area contributed by atoms with E-state index in [9.17, 15) is 8.42 Å². The highest BCUT2D eigenvalue weighted by Crippen LogP contribution is 2.17. The van der Waals surface area contributed by atoms with Crippen LogP contribution >= 0.6 is 0 Å². The average molecular weight is 331 g/mol. The number of rotatable bonds is 7. The van der Waals surface area contributed by atoms with Gasteiger partial charge in [0.15, 0.2) is 9.84 Å². The molecule has 0 saturated heterocycles. The third-order valence-electron chi connectivity index (χ3n) is 3.17. The molecule has 0 saturated carbocycles. The van der Waals surface area contributed by atoms with Gasteiger partial charge in [-0.15, -0.1) is 0 Å². The van der Waals surface area contributed by atoms with E-state index in [1.165, 1.54) is 0 Å². The van der Waals surface area contributed by atoms with Gasteiger partial charge in [0.25, 0.3) is 0 Å². The number of nitrogens with zero attached hydrogens (tertiary/aromatic N) is 1. The smallest absolute Gasteiger partial charge is 0.157 e. The molecule has 0 radical (unpaired) electrons. The highest BCUT2D eigenvalue weighted by atomic mass is 32.2. The van der Waals surface area contributed by atoms with Crippen LogP contribution in [-0.4, -0.2) is 27.9 Å². The van der Waals surface area contributed by atoms with Crippen molar-refractivity contribution in [3.8, 4) is 17.6 Å². The third-order valence-corrected chi connectivity index (χ3v) is 4.73. The molecule has 6 heteroatoms. The summed E-state index contributed by atoms with van der Waals surface area (Å²) in [4.78, 5) is 0. The van der Waals surface area contributed by atoms with E-state index in [0.29, 0.717) is 22.6 Å². The number of benzene rings is 2. The van der Waals surface area contributed by atoms with Crippen LogP contribution in [0.3, 0.4) is 0 Å². The maximum Gasteiger partial charge on any atom is 0.157 e. The van der Waals surface area contributed by atoms with Crippen molar-refractivity contribution in [1.82, 2.24) is 0 Å². The van der Waals surface area contributed by atoms with E-state index in [0.717, 1.165) is 0 Å². The Morgan fingerprint density at radius 2 is 1.78 bits per heavy atom. The van der Waals surface area contributed by atoms with Crippen molar-refractivity contribution in [3.63, 3.8) is 0 Å². The quantitative estimate of drug-likeness (QED) is 0.779. The zero-order chi connectivity index (χ0) is 16.7. The molecule has 0 heterocycles. The number of hydrogen-bond acceptors (Lipinski definition) is 5. The molecule has 2 aromatic rings. The summed E-state index contributed by atoms with van der Waals surface area (Å²) in [7, 11) is -1.73. The molecule has 0 N–H and O–H groups in total. The molecule has 0 fully saturated rings. The van der Waals surface area contributed by atoms with Gasteiger partial charge in [-0.2, -0.15) is 5.26 Å². The molecule has 0 unspecified atom stereocenters. The Hall–Kier alpha value is -2.52. The fraction of sp³-hybridized carbons (Fsp3) is 0.235. The Balaban J connectivity index is 1.89. The average Bonchev–Trinajstić information content (AvgIpc) is 2.55. The van der Waals surface area contributed by atoms with Crippen LogP contribution in [0.1, 0.15) is 11.1 Å². The Kier molecular flexibility index (Phi) is 5.61. The van der Waals surface area contributed by atoms with Crippen molar-refractivity contribution in [2.24, 2.45) is 0 Å². The Morgan fingerprint density at radius 3 is 2.43 bits per heavy atom. The molecule has 2 rings (SSSR count). The van der Waals surface area contributed by atoms with E-state index in [1.807, 2.05) is 6.07 Å². The summed E-state index contributed by atoms with van der Waals surface area (Å²) in [5, 5.41) is 8.84. The first-order chi connectivity index (χ1) is 11.0. The Bertz CT molecular complexity index is 792. The molecule has 0 aliphatic rings. The molecule has 0 aliphatic carbocycles. The predicted molar refractivity (Wildman–Crippen MR) is 87.1 cm³/mol. The minimum absolute atomic E-state index is 0.0760. The molecule has 0 spiro atoms. The molecule has 23 heavy (non-hydrogen) atoms. The molecule has 0 amide bonds. The standard InChI is InChI=1S/C17H17NO4S/c1-21-16-5-7-17(8-6-16)22-9-10-23(19,20)13-15-4-2-3-14(11-15)12-18/h2-8,11H,9-10,13H2,1H3. The molecule has 0 bridgehead atoms. The first-order valence-electron chi connectivity index (χ1n) is 6.99. The number of nitriles is 1. The highest BCUT2D eigenvalue weighted by molar-refractivity contribution is 7.90. The van der Waals surface area contributed by atoms with E-state index < -0.39 is 9.84 Å². The van der Waals surface area contributed by atoms with Gasteiger partial charge < -0.3 is 9.47 Å². The van der Waals surface area contributed by atoms with Crippen molar-refractivity contribution in [3.05, 3.63) is 59.7 Å². The van der Waals surface area contributed by atoms with Gasteiger partial charge >= 0.3 is 0 Å². The number of ether oxygens (including phenoxy) is 2.